The average Bonchev–Trinajstić information content (AvgIpc) is 1.51. The van der Waals surface area contributed by atoms with E-state index in [2.05, 4.69) is 180 Å². The van der Waals surface area contributed by atoms with Crippen LogP contribution in [0.1, 0.15) is 410 Å². The summed E-state index contributed by atoms with van der Waals surface area (Å²) in [6, 6.07) is 60.3. The molecule has 4 aliphatic carbocycles. The second kappa shape index (κ2) is 43.8. The van der Waals surface area contributed by atoms with Crippen molar-refractivity contribution in [3.8, 4) is 20.9 Å². The highest BCUT2D eigenvalue weighted by Crippen LogP contribution is 2.64. The van der Waals surface area contributed by atoms with Gasteiger partial charge in [-0.05, 0) is 215 Å². The van der Waals surface area contributed by atoms with Crippen molar-refractivity contribution in [2.75, 3.05) is 0 Å². The number of Topliss-reactive ketones (excluding diaryl/α,β-unsaturated/α-hetero) is 4. The highest BCUT2D eigenvalue weighted by molar-refractivity contribution is 7.17. The van der Waals surface area contributed by atoms with Crippen LogP contribution >= 0.6 is 69.1 Å². The van der Waals surface area contributed by atoms with Crippen LogP contribution in [0.5, 0.6) is 0 Å². The van der Waals surface area contributed by atoms with Gasteiger partial charge in [-0.2, -0.15) is 0 Å². The molecule has 0 atom stereocenters. The molecule has 0 N–H and O–H groups in total. The Morgan fingerprint density at radius 2 is 0.532 bits per heavy atom. The lowest BCUT2D eigenvalue weighted by Gasteiger charge is -2.34. The highest BCUT2D eigenvalue weighted by atomic mass is 35.5. The van der Waals surface area contributed by atoms with Crippen molar-refractivity contribution in [1.82, 2.24) is 4.57 Å². The standard InChI is InChI=1S/C115H131Cl4NO4S2/c1-7-13-19-25-31-37-43-77-49-57-81(58-50-77)114(82-59-51-78(52-60-82)44-38-32-26-20-14-8-2)98-69-88-89-70-99-95(76-107(89)120(85(47-41-35-29-23-17-11-5)48-42-36-30-24-18-12-6)106(88)75-94(98)112-100(114)67-86(125-112)65-96-108(121)90-71-102(116)103(117)72-91(90)109(96)122)113-101(68-87(126-113)66-97-110(123)92-73-104(118)105(119)74-93(92)111(97)124)115(99,83-61-53-79(54-62-83)45-39-33-27-21-15-9-3)84-63-55-80(56-64-84)46-40-34-28-22-16-10-4/h49-76,85H,7-48H2,1-6H3. The minimum Gasteiger partial charge on any atom is -0.337 e. The van der Waals surface area contributed by atoms with E-state index >= 15 is 0 Å². The third kappa shape index (κ3) is 19.7. The number of carbonyl (C=O) groups is 4. The highest BCUT2D eigenvalue weighted by Gasteiger charge is 2.51. The van der Waals surface area contributed by atoms with Crippen molar-refractivity contribution in [2.24, 2.45) is 0 Å². The number of benzene rings is 8. The van der Waals surface area contributed by atoms with E-state index in [1.54, 1.807) is 46.9 Å². The Balaban J connectivity index is 1.01. The van der Waals surface area contributed by atoms with Crippen LogP contribution in [0, 0.1) is 0 Å². The normalized spacial score (nSPS) is 14.1. The zero-order chi connectivity index (χ0) is 87.9. The van der Waals surface area contributed by atoms with Crippen molar-refractivity contribution in [1.29, 1.82) is 0 Å². The van der Waals surface area contributed by atoms with Gasteiger partial charge in [-0.3, -0.25) is 19.2 Å². The topological polar surface area (TPSA) is 73.2 Å². The number of ketones is 4. The van der Waals surface area contributed by atoms with Crippen LogP contribution in [-0.2, 0) is 36.5 Å². The summed E-state index contributed by atoms with van der Waals surface area (Å²) in [6.07, 6.45) is 53.7. The van der Waals surface area contributed by atoms with Gasteiger partial charge in [0.15, 0.2) is 23.1 Å². The Morgan fingerprint density at radius 3 is 0.794 bits per heavy atom. The van der Waals surface area contributed by atoms with E-state index in [9.17, 15) is 19.2 Å². The summed E-state index contributed by atoms with van der Waals surface area (Å²) >= 11 is 30.0. The minimum atomic E-state index is -0.867. The molecule has 15 rings (SSSR count). The smallest absolute Gasteiger partial charge is 0.197 e. The number of carbonyl (C=O) groups excluding carboxylic acids is 4. The molecule has 660 valence electrons. The molecule has 0 saturated heterocycles. The molecule has 8 aromatic carbocycles. The monoisotopic (exact) mass is 1790 g/mol. The van der Waals surface area contributed by atoms with Crippen molar-refractivity contribution in [3.05, 3.63) is 288 Å². The van der Waals surface area contributed by atoms with E-state index in [-0.39, 0.29) is 82.7 Å². The van der Waals surface area contributed by atoms with Gasteiger partial charge in [0.1, 0.15) is 0 Å². The molecule has 11 aromatic rings. The lowest BCUT2D eigenvalue weighted by Crippen LogP contribution is -2.28. The van der Waals surface area contributed by atoms with Gasteiger partial charge >= 0.3 is 0 Å². The van der Waals surface area contributed by atoms with Crippen molar-refractivity contribution in [3.63, 3.8) is 0 Å². The molecule has 0 radical (unpaired) electrons. The first-order valence-electron chi connectivity index (χ1n) is 49.0. The number of allylic oxidation sites excluding steroid dienone is 2. The van der Waals surface area contributed by atoms with Gasteiger partial charge in [0.2, 0.25) is 0 Å². The number of fused-ring (bicyclic) bond motifs is 11. The van der Waals surface area contributed by atoms with E-state index in [0.717, 1.165) is 119 Å². The van der Waals surface area contributed by atoms with Crippen molar-refractivity contribution < 1.29 is 19.2 Å². The number of nitrogens with zero attached hydrogens (tertiary/aromatic N) is 1. The number of aromatic nitrogens is 1. The maximum Gasteiger partial charge on any atom is 0.197 e. The summed E-state index contributed by atoms with van der Waals surface area (Å²) in [7, 11) is 0. The quantitative estimate of drug-likeness (QED) is 0.0216. The Hall–Kier alpha value is -7.72. The SMILES string of the molecule is CCCCCCCCc1ccc(C2(c3ccc(CCCCCCCC)cc3)c3cc4c5cc6c(cc5n(C(CCCCCCCC)CCCCCCCC)c4cc3-c3sc(C=C4C(=O)c5cc(Cl)c(Cl)cc5C4=O)cc32)-c2sc(C=C3C(=O)c4cc(Cl)c(Cl)cc4C3=O)cc2C6(c2ccc(CCCCCCCC)cc2)c2ccc(CCCCCCCC)cc2)cc1. The third-order valence-electron chi connectivity index (χ3n) is 28.3. The molecular formula is C115H131Cl4NO4S2. The number of thiophene rings is 2. The molecule has 0 fully saturated rings. The number of hydrogen-bond donors (Lipinski definition) is 0. The fourth-order valence-corrected chi connectivity index (χ4v) is 24.4. The third-order valence-corrected chi connectivity index (χ3v) is 32.0. The first kappa shape index (κ1) is 93.0. The van der Waals surface area contributed by atoms with Crippen LogP contribution < -0.4 is 0 Å². The summed E-state index contributed by atoms with van der Waals surface area (Å²) in [5.41, 5.74) is 19.2. The summed E-state index contributed by atoms with van der Waals surface area (Å²) in [6.45, 7) is 13.8. The van der Waals surface area contributed by atoms with E-state index < -0.39 is 10.8 Å². The van der Waals surface area contributed by atoms with Gasteiger partial charge in [-0.15, -0.1) is 22.7 Å². The summed E-state index contributed by atoms with van der Waals surface area (Å²) in [5, 5.41) is 3.41. The minimum absolute atomic E-state index is 0.117. The average molecular weight is 1800 g/mol. The predicted octanol–water partition coefficient (Wildman–Crippen LogP) is 35.8. The molecule has 0 amide bonds. The van der Waals surface area contributed by atoms with Gasteiger partial charge in [0.25, 0.3) is 0 Å². The molecule has 0 aliphatic heterocycles. The fraction of sp³-hybridized carbons (Fsp3) is 0.443. The van der Waals surface area contributed by atoms with Crippen LogP contribution in [0.4, 0.5) is 0 Å². The lowest BCUT2D eigenvalue weighted by atomic mass is 9.67. The fourth-order valence-electron chi connectivity index (χ4n) is 21.3. The van der Waals surface area contributed by atoms with E-state index in [4.69, 9.17) is 46.4 Å². The largest absolute Gasteiger partial charge is 0.337 e. The van der Waals surface area contributed by atoms with E-state index in [1.807, 2.05) is 12.2 Å². The van der Waals surface area contributed by atoms with Gasteiger partial charge in [-0.25, -0.2) is 0 Å². The Labute approximate surface area is 780 Å². The summed E-state index contributed by atoms with van der Waals surface area (Å²) in [4.78, 5) is 63.2. The predicted molar refractivity (Wildman–Crippen MR) is 539 cm³/mol. The molecule has 3 heterocycles. The molecule has 0 saturated carbocycles. The Morgan fingerprint density at radius 1 is 0.286 bits per heavy atom. The molecule has 5 nitrogen and oxygen atoms in total. The Kier molecular flexibility index (Phi) is 32.3. The van der Waals surface area contributed by atoms with Crippen LogP contribution in [0.2, 0.25) is 20.1 Å². The van der Waals surface area contributed by atoms with Gasteiger partial charge < -0.3 is 4.57 Å². The zero-order valence-electron chi connectivity index (χ0n) is 75.9. The molecule has 0 bridgehead atoms. The summed E-state index contributed by atoms with van der Waals surface area (Å²) < 4.78 is 2.82. The zero-order valence-corrected chi connectivity index (χ0v) is 80.5. The van der Waals surface area contributed by atoms with Crippen LogP contribution in [0.3, 0.4) is 0 Å². The van der Waals surface area contributed by atoms with Crippen LogP contribution in [0.25, 0.3) is 54.8 Å². The van der Waals surface area contributed by atoms with Gasteiger partial charge in [0, 0.05) is 58.6 Å². The molecule has 0 unspecified atom stereocenters. The number of halogens is 4. The number of unbranched alkanes of at least 4 members (excludes halogenated alkanes) is 30. The molecule has 4 aliphatic rings. The van der Waals surface area contributed by atoms with Gasteiger partial charge in [0.05, 0.1) is 53.1 Å². The number of aryl methyl sites for hydroxylation is 4. The second-order valence-corrected chi connectivity index (χ2v) is 41.0. The Bertz CT molecular complexity index is 5180. The van der Waals surface area contributed by atoms with E-state index in [1.165, 1.54) is 270 Å². The van der Waals surface area contributed by atoms with E-state index in [0.29, 0.717) is 0 Å². The maximum absolute atomic E-state index is 14.8. The van der Waals surface area contributed by atoms with Crippen molar-refractivity contribution >= 4 is 126 Å². The number of rotatable bonds is 49. The second-order valence-electron chi connectivity index (χ2n) is 37.2. The van der Waals surface area contributed by atoms with Crippen LogP contribution in [0.15, 0.2) is 169 Å². The van der Waals surface area contributed by atoms with Crippen LogP contribution in [-0.4, -0.2) is 27.7 Å². The number of hydrogen-bond acceptors (Lipinski definition) is 6. The molecule has 11 heteroatoms. The van der Waals surface area contributed by atoms with Gasteiger partial charge in [-0.1, -0.05) is 390 Å². The first-order chi connectivity index (χ1) is 61.6. The molecule has 3 aromatic heterocycles. The van der Waals surface area contributed by atoms with Crippen molar-refractivity contribution in [2.45, 2.75) is 328 Å². The molecule has 0 spiro atoms. The molecular weight excluding hydrogens is 1670 g/mol. The molecule has 126 heavy (non-hydrogen) atoms. The lowest BCUT2D eigenvalue weighted by molar-refractivity contribution is 0.0975. The maximum atomic E-state index is 14.8. The first-order valence-corrected chi connectivity index (χ1v) is 52.2. The summed E-state index contributed by atoms with van der Waals surface area (Å²) in [5.74, 6) is -1.37.